The Morgan fingerprint density at radius 3 is 2.47 bits per heavy atom. The molecule has 30 heavy (non-hydrogen) atoms. The topological polar surface area (TPSA) is 70.6 Å². The van der Waals surface area contributed by atoms with E-state index >= 15 is 0 Å². The summed E-state index contributed by atoms with van der Waals surface area (Å²) in [7, 11) is -3.36. The van der Waals surface area contributed by atoms with Crippen molar-refractivity contribution in [1.82, 2.24) is 9.88 Å². The van der Waals surface area contributed by atoms with Crippen molar-refractivity contribution >= 4 is 42.4 Å². The lowest BCUT2D eigenvalue weighted by Crippen LogP contribution is -2.48. The molecule has 0 unspecified atom stereocenters. The second-order valence-corrected chi connectivity index (χ2v) is 10.3. The number of sulfone groups is 1. The molecule has 2 aromatic carbocycles. The van der Waals surface area contributed by atoms with Gasteiger partial charge in [-0.1, -0.05) is 35.6 Å². The lowest BCUT2D eigenvalue weighted by atomic mass is 10.2. The number of carbonyl (C=O) groups is 1. The Bertz CT molecular complexity index is 1140. The van der Waals surface area contributed by atoms with E-state index in [1.807, 2.05) is 6.07 Å². The molecule has 0 bridgehead atoms. The molecule has 0 atom stereocenters. The van der Waals surface area contributed by atoms with E-state index in [2.05, 4.69) is 9.88 Å². The molecular formula is C21H22FN3O3S2. The van der Waals surface area contributed by atoms with Crippen LogP contribution in [0.2, 0.25) is 0 Å². The molecule has 0 spiro atoms. The predicted octanol–water partition coefficient (Wildman–Crippen LogP) is 3.34. The molecule has 1 fully saturated rings. The van der Waals surface area contributed by atoms with Crippen LogP contribution in [-0.2, 0) is 14.6 Å². The number of hydrogen-bond donors (Lipinski definition) is 0. The zero-order chi connectivity index (χ0) is 21.1. The minimum atomic E-state index is -3.36. The van der Waals surface area contributed by atoms with E-state index in [4.69, 9.17) is 0 Å². The number of para-hydroxylation sites is 1. The molecule has 2 heterocycles. The van der Waals surface area contributed by atoms with Crippen LogP contribution in [0.25, 0.3) is 10.2 Å². The number of thiazole rings is 1. The highest BCUT2D eigenvalue weighted by Crippen LogP contribution is 2.30. The van der Waals surface area contributed by atoms with Crippen molar-refractivity contribution in [2.45, 2.75) is 17.7 Å². The third-order valence-corrected chi connectivity index (χ3v) is 8.07. The van der Waals surface area contributed by atoms with Crippen LogP contribution in [0.5, 0.6) is 0 Å². The fraction of sp³-hybridized carbons (Fsp3) is 0.333. The van der Waals surface area contributed by atoms with Crippen molar-refractivity contribution in [3.05, 3.63) is 54.3 Å². The van der Waals surface area contributed by atoms with Crippen LogP contribution in [0.4, 0.5) is 9.52 Å². The summed E-state index contributed by atoms with van der Waals surface area (Å²) in [5.41, 5.74) is 0.385. The monoisotopic (exact) mass is 447 g/mol. The molecule has 9 heteroatoms. The SMILES string of the molecule is O=C(CCCS(=O)(=O)c1ccccc1)N1CCN(c2nc3c(F)cccc3s2)CC1. The quantitative estimate of drug-likeness (QED) is 0.580. The Balaban J connectivity index is 1.28. The van der Waals surface area contributed by atoms with Gasteiger partial charge in [0, 0.05) is 32.6 Å². The van der Waals surface area contributed by atoms with E-state index in [0.717, 1.165) is 9.83 Å². The van der Waals surface area contributed by atoms with E-state index in [-0.39, 0.29) is 23.9 Å². The van der Waals surface area contributed by atoms with E-state index < -0.39 is 9.84 Å². The van der Waals surface area contributed by atoms with Gasteiger partial charge in [-0.25, -0.2) is 17.8 Å². The zero-order valence-corrected chi connectivity index (χ0v) is 18.0. The number of benzene rings is 2. The van der Waals surface area contributed by atoms with Crippen LogP contribution < -0.4 is 4.90 Å². The number of aromatic nitrogens is 1. The predicted molar refractivity (Wildman–Crippen MR) is 116 cm³/mol. The highest BCUT2D eigenvalue weighted by molar-refractivity contribution is 7.91. The number of amides is 1. The number of fused-ring (bicyclic) bond motifs is 1. The fourth-order valence-corrected chi connectivity index (χ4v) is 5.87. The molecule has 0 aliphatic carbocycles. The van der Waals surface area contributed by atoms with Crippen molar-refractivity contribution in [2.24, 2.45) is 0 Å². The number of halogens is 1. The summed E-state index contributed by atoms with van der Waals surface area (Å²) in [6, 6.07) is 13.2. The second kappa shape index (κ2) is 8.69. The molecule has 1 amide bonds. The third kappa shape index (κ3) is 4.46. The summed E-state index contributed by atoms with van der Waals surface area (Å²) in [5.74, 6) is -0.400. The molecule has 1 saturated heterocycles. The van der Waals surface area contributed by atoms with Crippen LogP contribution in [0.1, 0.15) is 12.8 Å². The van der Waals surface area contributed by atoms with Crippen molar-refractivity contribution in [3.8, 4) is 0 Å². The molecule has 0 saturated carbocycles. The molecule has 158 valence electrons. The molecule has 1 aromatic heterocycles. The van der Waals surface area contributed by atoms with E-state index in [0.29, 0.717) is 43.0 Å². The van der Waals surface area contributed by atoms with Gasteiger partial charge in [-0.2, -0.15) is 0 Å². The van der Waals surface area contributed by atoms with Crippen LogP contribution in [0.3, 0.4) is 0 Å². The highest BCUT2D eigenvalue weighted by Gasteiger charge is 2.24. The molecule has 1 aliphatic rings. The first-order valence-corrected chi connectivity index (χ1v) is 12.3. The molecule has 0 N–H and O–H groups in total. The van der Waals surface area contributed by atoms with Gasteiger partial charge in [0.25, 0.3) is 0 Å². The normalized spacial score (nSPS) is 15.0. The maximum Gasteiger partial charge on any atom is 0.222 e. The molecule has 3 aromatic rings. The summed E-state index contributed by atoms with van der Waals surface area (Å²) >= 11 is 1.45. The fourth-order valence-electron chi connectivity index (χ4n) is 3.50. The van der Waals surface area contributed by atoms with Gasteiger partial charge in [0.1, 0.15) is 11.3 Å². The van der Waals surface area contributed by atoms with Gasteiger partial charge >= 0.3 is 0 Å². The van der Waals surface area contributed by atoms with E-state index in [1.165, 1.54) is 17.4 Å². The van der Waals surface area contributed by atoms with Crippen LogP contribution in [0.15, 0.2) is 53.4 Å². The number of anilines is 1. The lowest BCUT2D eigenvalue weighted by molar-refractivity contribution is -0.131. The smallest absolute Gasteiger partial charge is 0.222 e. The van der Waals surface area contributed by atoms with Gasteiger partial charge in [0.2, 0.25) is 5.91 Å². The Hall–Kier alpha value is -2.52. The Morgan fingerprint density at radius 2 is 1.77 bits per heavy atom. The van der Waals surface area contributed by atoms with Gasteiger partial charge in [-0.3, -0.25) is 4.79 Å². The average Bonchev–Trinajstić information content (AvgIpc) is 3.20. The van der Waals surface area contributed by atoms with Crippen molar-refractivity contribution in [1.29, 1.82) is 0 Å². The summed E-state index contributed by atoms with van der Waals surface area (Å²) in [6.07, 6.45) is 0.506. The van der Waals surface area contributed by atoms with E-state index in [9.17, 15) is 17.6 Å². The lowest BCUT2D eigenvalue weighted by Gasteiger charge is -2.34. The largest absolute Gasteiger partial charge is 0.345 e. The van der Waals surface area contributed by atoms with Gasteiger partial charge < -0.3 is 9.80 Å². The van der Waals surface area contributed by atoms with Crippen molar-refractivity contribution in [3.63, 3.8) is 0 Å². The number of nitrogens with zero attached hydrogens (tertiary/aromatic N) is 3. The average molecular weight is 448 g/mol. The summed E-state index contributed by atoms with van der Waals surface area (Å²) in [4.78, 5) is 21.0. The number of rotatable bonds is 6. The highest BCUT2D eigenvalue weighted by atomic mass is 32.2. The Morgan fingerprint density at radius 1 is 1.03 bits per heavy atom. The van der Waals surface area contributed by atoms with Gasteiger partial charge in [-0.15, -0.1) is 0 Å². The maximum absolute atomic E-state index is 13.9. The third-order valence-electron chi connectivity index (χ3n) is 5.17. The van der Waals surface area contributed by atoms with Gasteiger partial charge in [0.15, 0.2) is 15.0 Å². The summed E-state index contributed by atoms with van der Waals surface area (Å²) < 4.78 is 39.3. The summed E-state index contributed by atoms with van der Waals surface area (Å²) in [6.45, 7) is 2.33. The molecule has 1 aliphatic heterocycles. The minimum absolute atomic E-state index is 0.0340. The molecule has 0 radical (unpaired) electrons. The summed E-state index contributed by atoms with van der Waals surface area (Å²) in [5, 5.41) is 0.760. The van der Waals surface area contributed by atoms with Crippen molar-refractivity contribution < 1.29 is 17.6 Å². The van der Waals surface area contributed by atoms with Crippen LogP contribution in [0, 0.1) is 5.82 Å². The first kappa shape index (κ1) is 20.7. The second-order valence-electron chi connectivity index (χ2n) is 7.19. The standard InChI is InChI=1S/C21H22FN3O3S2/c22-17-8-4-9-18-20(17)23-21(29-18)25-13-11-24(12-14-25)19(26)10-5-15-30(27,28)16-6-2-1-3-7-16/h1-4,6-9H,5,10-15H2. The van der Waals surface area contributed by atoms with Gasteiger partial charge in [0.05, 0.1) is 15.3 Å². The molecule has 4 rings (SSSR count). The number of carbonyl (C=O) groups excluding carboxylic acids is 1. The number of piperazine rings is 1. The Labute approximate surface area is 178 Å². The first-order chi connectivity index (χ1) is 14.4. The minimum Gasteiger partial charge on any atom is -0.345 e. The molecular weight excluding hydrogens is 425 g/mol. The van der Waals surface area contributed by atoms with Gasteiger partial charge in [-0.05, 0) is 30.7 Å². The van der Waals surface area contributed by atoms with Crippen LogP contribution in [-0.4, -0.2) is 56.1 Å². The zero-order valence-electron chi connectivity index (χ0n) is 16.3. The number of hydrogen-bond acceptors (Lipinski definition) is 6. The van der Waals surface area contributed by atoms with E-state index in [1.54, 1.807) is 41.3 Å². The molecule has 6 nitrogen and oxygen atoms in total. The Kier molecular flexibility index (Phi) is 6.01. The first-order valence-electron chi connectivity index (χ1n) is 9.80. The maximum atomic E-state index is 13.9. The van der Waals surface area contributed by atoms with Crippen LogP contribution >= 0.6 is 11.3 Å². The van der Waals surface area contributed by atoms with Crippen molar-refractivity contribution in [2.75, 3.05) is 36.8 Å².